The third kappa shape index (κ3) is 5.71. The summed E-state index contributed by atoms with van der Waals surface area (Å²) in [6, 6.07) is 6.80. The number of methoxy groups -OCH3 is 1. The normalized spacial score (nSPS) is 11.6. The average Bonchev–Trinajstić information content (AvgIpc) is 2.39. The van der Waals surface area contributed by atoms with Gasteiger partial charge in [-0.05, 0) is 31.2 Å². The predicted octanol–water partition coefficient (Wildman–Crippen LogP) is 1.34. The van der Waals surface area contributed by atoms with Crippen LogP contribution in [0.25, 0.3) is 0 Å². The van der Waals surface area contributed by atoms with Crippen LogP contribution in [0.15, 0.2) is 24.3 Å². The molecule has 0 saturated carbocycles. The molecule has 20 heavy (non-hydrogen) atoms. The highest BCUT2D eigenvalue weighted by Crippen LogP contribution is 2.15. The van der Waals surface area contributed by atoms with Crippen LogP contribution in [0.5, 0.6) is 5.75 Å². The predicted molar refractivity (Wildman–Crippen MR) is 73.5 cm³/mol. The molecule has 110 valence electrons. The number of carbonyl (C=O) groups is 2. The topological polar surface area (TPSA) is 84.9 Å². The molecule has 1 rings (SSSR count). The molecule has 0 saturated heterocycles. The molecule has 0 aliphatic rings. The summed E-state index contributed by atoms with van der Waals surface area (Å²) in [6.07, 6.45) is -1.40. The Morgan fingerprint density at radius 1 is 1.25 bits per heavy atom. The molecule has 0 fully saturated rings. The molecule has 0 aliphatic carbocycles. The summed E-state index contributed by atoms with van der Waals surface area (Å²) in [6.45, 7) is 1.93. The van der Waals surface area contributed by atoms with Crippen molar-refractivity contribution >= 4 is 17.6 Å². The molecule has 6 nitrogen and oxygen atoms in total. The van der Waals surface area contributed by atoms with Crippen molar-refractivity contribution in [2.45, 2.75) is 25.9 Å². The number of esters is 1. The van der Waals surface area contributed by atoms with Gasteiger partial charge in [-0.15, -0.1) is 0 Å². The number of anilines is 1. The maximum Gasteiger partial charge on any atom is 0.308 e. The molecule has 1 amide bonds. The van der Waals surface area contributed by atoms with E-state index < -0.39 is 12.1 Å². The molecule has 0 bridgehead atoms. The van der Waals surface area contributed by atoms with Crippen molar-refractivity contribution < 1.29 is 24.2 Å². The third-order valence-electron chi connectivity index (χ3n) is 2.50. The molecule has 6 heteroatoms. The molecule has 0 heterocycles. The fraction of sp³-hybridized carbons (Fsp3) is 0.429. The summed E-state index contributed by atoms with van der Waals surface area (Å²) in [5.41, 5.74) is 0.596. The number of rotatable bonds is 7. The summed E-state index contributed by atoms with van der Waals surface area (Å²) in [7, 11) is 1.55. The van der Waals surface area contributed by atoms with Crippen molar-refractivity contribution in [1.29, 1.82) is 0 Å². The average molecular weight is 281 g/mol. The zero-order valence-corrected chi connectivity index (χ0v) is 11.6. The monoisotopic (exact) mass is 281 g/mol. The van der Waals surface area contributed by atoms with E-state index in [2.05, 4.69) is 5.32 Å². The van der Waals surface area contributed by atoms with Crippen LogP contribution in [0.3, 0.4) is 0 Å². The lowest BCUT2D eigenvalue weighted by atomic mass is 10.2. The van der Waals surface area contributed by atoms with Crippen molar-refractivity contribution in [3.8, 4) is 5.75 Å². The zero-order valence-electron chi connectivity index (χ0n) is 11.6. The number of amides is 1. The van der Waals surface area contributed by atoms with Gasteiger partial charge in [0.05, 0.1) is 32.7 Å². The number of benzene rings is 1. The lowest BCUT2D eigenvalue weighted by molar-refractivity contribution is -0.145. The summed E-state index contributed by atoms with van der Waals surface area (Å²) in [4.78, 5) is 22.8. The van der Waals surface area contributed by atoms with Gasteiger partial charge < -0.3 is 19.9 Å². The minimum Gasteiger partial charge on any atom is -0.497 e. The Kier molecular flexibility index (Phi) is 6.52. The molecule has 1 aromatic carbocycles. The lowest BCUT2D eigenvalue weighted by Crippen LogP contribution is -2.23. The van der Waals surface area contributed by atoms with Crippen LogP contribution >= 0.6 is 0 Å². The first-order valence-electron chi connectivity index (χ1n) is 6.32. The first-order valence-corrected chi connectivity index (χ1v) is 6.32. The van der Waals surface area contributed by atoms with Gasteiger partial charge in [0.1, 0.15) is 5.75 Å². The lowest BCUT2D eigenvalue weighted by Gasteiger charge is -2.10. The molecule has 0 unspecified atom stereocenters. The molecular weight excluding hydrogens is 262 g/mol. The largest absolute Gasteiger partial charge is 0.497 e. The van der Waals surface area contributed by atoms with Gasteiger partial charge in [-0.25, -0.2) is 0 Å². The Morgan fingerprint density at radius 2 is 1.90 bits per heavy atom. The van der Waals surface area contributed by atoms with Crippen molar-refractivity contribution in [3.63, 3.8) is 0 Å². The van der Waals surface area contributed by atoms with E-state index in [1.54, 1.807) is 38.3 Å². The second-order valence-electron chi connectivity index (χ2n) is 4.14. The van der Waals surface area contributed by atoms with Crippen molar-refractivity contribution in [1.82, 2.24) is 0 Å². The van der Waals surface area contributed by atoms with Gasteiger partial charge in [-0.3, -0.25) is 9.59 Å². The van der Waals surface area contributed by atoms with Gasteiger partial charge >= 0.3 is 5.97 Å². The number of aliphatic hydroxyl groups is 1. The van der Waals surface area contributed by atoms with E-state index in [1.165, 1.54) is 0 Å². The Balaban J connectivity index is 2.40. The van der Waals surface area contributed by atoms with Gasteiger partial charge in [0.25, 0.3) is 0 Å². The summed E-state index contributed by atoms with van der Waals surface area (Å²) in [5.74, 6) is -0.199. The number of hydrogen-bond acceptors (Lipinski definition) is 5. The molecule has 1 atom stereocenters. The standard InChI is InChI=1S/C14H19NO5/c1-3-20-14(18)9-11(16)8-13(17)15-10-4-6-12(19-2)7-5-10/h4-7,11,16H,3,8-9H2,1-2H3,(H,15,17)/t11-/m0/s1. The Labute approximate surface area is 117 Å². The number of carbonyl (C=O) groups excluding carboxylic acids is 2. The Hall–Kier alpha value is -2.08. The minimum atomic E-state index is -1.05. The quantitative estimate of drug-likeness (QED) is 0.737. The smallest absolute Gasteiger partial charge is 0.308 e. The third-order valence-corrected chi connectivity index (χ3v) is 2.50. The van der Waals surface area contributed by atoms with Crippen LogP contribution in [0.1, 0.15) is 19.8 Å². The number of aliphatic hydroxyl groups excluding tert-OH is 1. The molecule has 2 N–H and O–H groups in total. The fourth-order valence-electron chi connectivity index (χ4n) is 1.58. The molecular formula is C14H19NO5. The highest BCUT2D eigenvalue weighted by atomic mass is 16.5. The summed E-state index contributed by atoms with van der Waals surface area (Å²) in [5, 5.41) is 12.2. The van der Waals surface area contributed by atoms with Gasteiger partial charge in [0, 0.05) is 5.69 Å². The fourth-order valence-corrected chi connectivity index (χ4v) is 1.58. The van der Waals surface area contributed by atoms with Gasteiger partial charge in [0.2, 0.25) is 5.91 Å². The molecule has 0 spiro atoms. The van der Waals surface area contributed by atoms with Gasteiger partial charge in [-0.1, -0.05) is 0 Å². The van der Waals surface area contributed by atoms with Crippen LogP contribution in [0.2, 0.25) is 0 Å². The van der Waals surface area contributed by atoms with E-state index in [1.807, 2.05) is 0 Å². The van der Waals surface area contributed by atoms with Crippen molar-refractivity contribution in [2.24, 2.45) is 0 Å². The Morgan fingerprint density at radius 3 is 2.45 bits per heavy atom. The maximum atomic E-state index is 11.7. The second kappa shape index (κ2) is 8.16. The SMILES string of the molecule is CCOC(=O)C[C@@H](O)CC(=O)Nc1ccc(OC)cc1. The second-order valence-corrected chi connectivity index (χ2v) is 4.14. The van der Waals surface area contributed by atoms with Crippen molar-refractivity contribution in [3.05, 3.63) is 24.3 Å². The number of ether oxygens (including phenoxy) is 2. The van der Waals surface area contributed by atoms with Crippen molar-refractivity contribution in [2.75, 3.05) is 19.0 Å². The Bertz CT molecular complexity index is 443. The van der Waals surface area contributed by atoms with E-state index in [4.69, 9.17) is 9.47 Å². The minimum absolute atomic E-state index is 0.162. The first kappa shape index (κ1) is 16.0. The van der Waals surface area contributed by atoms with E-state index in [9.17, 15) is 14.7 Å². The maximum absolute atomic E-state index is 11.7. The number of hydrogen-bond donors (Lipinski definition) is 2. The highest BCUT2D eigenvalue weighted by molar-refractivity contribution is 5.91. The van der Waals surface area contributed by atoms with Crippen LogP contribution in [-0.4, -0.2) is 36.8 Å². The summed E-state index contributed by atoms with van der Waals surface area (Å²) < 4.78 is 9.69. The van der Waals surface area contributed by atoms with Crippen LogP contribution in [0, 0.1) is 0 Å². The van der Waals surface area contributed by atoms with Crippen LogP contribution in [-0.2, 0) is 14.3 Å². The van der Waals surface area contributed by atoms with E-state index in [0.29, 0.717) is 11.4 Å². The van der Waals surface area contributed by atoms with E-state index >= 15 is 0 Å². The van der Waals surface area contributed by atoms with Gasteiger partial charge in [-0.2, -0.15) is 0 Å². The summed E-state index contributed by atoms with van der Waals surface area (Å²) >= 11 is 0. The van der Waals surface area contributed by atoms with Gasteiger partial charge in [0.15, 0.2) is 0 Å². The number of nitrogens with one attached hydrogen (secondary N) is 1. The van der Waals surface area contributed by atoms with Crippen LogP contribution in [0.4, 0.5) is 5.69 Å². The molecule has 0 aliphatic heterocycles. The first-order chi connectivity index (χ1) is 9.55. The zero-order chi connectivity index (χ0) is 15.0. The molecule has 0 aromatic heterocycles. The molecule has 0 radical (unpaired) electrons. The van der Waals surface area contributed by atoms with E-state index in [-0.39, 0.29) is 25.4 Å². The highest BCUT2D eigenvalue weighted by Gasteiger charge is 2.15. The van der Waals surface area contributed by atoms with E-state index in [0.717, 1.165) is 0 Å². The van der Waals surface area contributed by atoms with Crippen LogP contribution < -0.4 is 10.1 Å². The molecule has 1 aromatic rings.